The molecule has 0 spiro atoms. The van der Waals surface area contributed by atoms with Crippen LogP contribution in [0.1, 0.15) is 5.56 Å². The number of nitrogens with zero attached hydrogens (tertiary/aromatic N) is 1. The molecule has 0 saturated carbocycles. The first-order valence-corrected chi connectivity index (χ1v) is 5.88. The Labute approximate surface area is 97.4 Å². The molecule has 16 heavy (non-hydrogen) atoms. The average Bonchev–Trinajstić information content (AvgIpc) is 2.25. The summed E-state index contributed by atoms with van der Waals surface area (Å²) in [5.41, 5.74) is 1.38. The first kappa shape index (κ1) is 11.6. The van der Waals surface area contributed by atoms with Gasteiger partial charge in [-0.25, -0.2) is 0 Å². The van der Waals surface area contributed by atoms with E-state index in [9.17, 15) is 0 Å². The number of nitrogens with one attached hydrogen (secondary N) is 1. The van der Waals surface area contributed by atoms with Crippen molar-refractivity contribution in [1.29, 1.82) is 0 Å². The lowest BCUT2D eigenvalue weighted by Crippen LogP contribution is -2.57. The van der Waals surface area contributed by atoms with Gasteiger partial charge in [-0.05, 0) is 5.56 Å². The molecule has 1 aliphatic rings. The third-order valence-corrected chi connectivity index (χ3v) is 3.09. The van der Waals surface area contributed by atoms with E-state index in [0.717, 1.165) is 32.8 Å². The minimum absolute atomic E-state index is 0.676. The Balaban J connectivity index is 1.90. The molecule has 0 aromatic heterocycles. The SMILES string of the molecule is COCCN(Cc1ccccc1)C1CNC1. The van der Waals surface area contributed by atoms with Crippen LogP contribution in [0.2, 0.25) is 0 Å². The van der Waals surface area contributed by atoms with Crippen molar-refractivity contribution in [3.05, 3.63) is 35.9 Å². The lowest BCUT2D eigenvalue weighted by Gasteiger charge is -2.38. The van der Waals surface area contributed by atoms with Gasteiger partial charge in [-0.3, -0.25) is 4.90 Å². The molecule has 0 atom stereocenters. The number of benzene rings is 1. The van der Waals surface area contributed by atoms with Crippen LogP contribution in [0.5, 0.6) is 0 Å². The Hall–Kier alpha value is -0.900. The highest BCUT2D eigenvalue weighted by molar-refractivity contribution is 5.14. The van der Waals surface area contributed by atoms with E-state index < -0.39 is 0 Å². The summed E-state index contributed by atoms with van der Waals surface area (Å²) < 4.78 is 5.17. The maximum Gasteiger partial charge on any atom is 0.0589 e. The fraction of sp³-hybridized carbons (Fsp3) is 0.538. The van der Waals surface area contributed by atoms with Crippen LogP contribution in [0.25, 0.3) is 0 Å². The third-order valence-electron chi connectivity index (χ3n) is 3.09. The van der Waals surface area contributed by atoms with Gasteiger partial charge in [-0.2, -0.15) is 0 Å². The van der Waals surface area contributed by atoms with E-state index in [2.05, 4.69) is 40.5 Å². The van der Waals surface area contributed by atoms with Crippen LogP contribution >= 0.6 is 0 Å². The van der Waals surface area contributed by atoms with Crippen LogP contribution in [-0.4, -0.2) is 44.3 Å². The fourth-order valence-electron chi connectivity index (χ4n) is 1.95. The van der Waals surface area contributed by atoms with Crippen LogP contribution < -0.4 is 5.32 Å². The van der Waals surface area contributed by atoms with E-state index in [-0.39, 0.29) is 0 Å². The molecule has 0 amide bonds. The predicted octanol–water partition coefficient (Wildman–Crippen LogP) is 1.11. The van der Waals surface area contributed by atoms with Gasteiger partial charge in [0.2, 0.25) is 0 Å². The Bertz CT molecular complexity index is 298. The molecule has 1 heterocycles. The molecule has 88 valence electrons. The predicted molar refractivity (Wildman–Crippen MR) is 65.4 cm³/mol. The zero-order chi connectivity index (χ0) is 11.2. The number of ether oxygens (including phenoxy) is 1. The summed E-state index contributed by atoms with van der Waals surface area (Å²) >= 11 is 0. The summed E-state index contributed by atoms with van der Waals surface area (Å²) in [7, 11) is 1.76. The van der Waals surface area contributed by atoms with Crippen molar-refractivity contribution in [2.24, 2.45) is 0 Å². The number of methoxy groups -OCH3 is 1. The molecule has 3 heteroatoms. The van der Waals surface area contributed by atoms with Crippen molar-refractivity contribution < 1.29 is 4.74 Å². The van der Waals surface area contributed by atoms with Crippen molar-refractivity contribution in [1.82, 2.24) is 10.2 Å². The van der Waals surface area contributed by atoms with Crippen LogP contribution in [-0.2, 0) is 11.3 Å². The van der Waals surface area contributed by atoms with Gasteiger partial charge >= 0.3 is 0 Å². The molecule has 0 radical (unpaired) electrons. The maximum atomic E-state index is 5.17. The fourth-order valence-corrected chi connectivity index (χ4v) is 1.95. The van der Waals surface area contributed by atoms with Crippen LogP contribution in [0, 0.1) is 0 Å². The van der Waals surface area contributed by atoms with Gasteiger partial charge in [0.15, 0.2) is 0 Å². The standard InChI is InChI=1S/C13H20N2O/c1-16-8-7-15(13-9-14-10-13)11-12-5-3-2-4-6-12/h2-6,13-14H,7-11H2,1H3. The molecule has 1 aromatic rings. The third kappa shape index (κ3) is 3.04. The molecule has 3 nitrogen and oxygen atoms in total. The molecule has 1 N–H and O–H groups in total. The second-order valence-electron chi connectivity index (χ2n) is 4.26. The van der Waals surface area contributed by atoms with Crippen molar-refractivity contribution in [2.45, 2.75) is 12.6 Å². The number of rotatable bonds is 6. The van der Waals surface area contributed by atoms with E-state index in [0.29, 0.717) is 6.04 Å². The molecule has 0 aliphatic carbocycles. The Morgan fingerprint density at radius 3 is 2.62 bits per heavy atom. The normalized spacial score (nSPS) is 16.4. The summed E-state index contributed by atoms with van der Waals surface area (Å²) in [6, 6.07) is 11.3. The van der Waals surface area contributed by atoms with E-state index in [1.807, 2.05) is 0 Å². The molecule has 1 fully saturated rings. The van der Waals surface area contributed by atoms with Crippen molar-refractivity contribution in [2.75, 3.05) is 33.4 Å². The monoisotopic (exact) mass is 220 g/mol. The smallest absolute Gasteiger partial charge is 0.0589 e. The number of hydrogen-bond acceptors (Lipinski definition) is 3. The van der Waals surface area contributed by atoms with Gasteiger partial charge in [0.05, 0.1) is 6.61 Å². The average molecular weight is 220 g/mol. The lowest BCUT2D eigenvalue weighted by atomic mass is 10.1. The Kier molecular flexibility index (Phi) is 4.34. The molecule has 1 saturated heterocycles. The van der Waals surface area contributed by atoms with Crippen molar-refractivity contribution in [3.8, 4) is 0 Å². The van der Waals surface area contributed by atoms with E-state index in [1.54, 1.807) is 7.11 Å². The van der Waals surface area contributed by atoms with Crippen molar-refractivity contribution in [3.63, 3.8) is 0 Å². The van der Waals surface area contributed by atoms with Crippen LogP contribution in [0.3, 0.4) is 0 Å². The summed E-state index contributed by atoms with van der Waals surface area (Å²) in [6.07, 6.45) is 0. The summed E-state index contributed by atoms with van der Waals surface area (Å²) in [5.74, 6) is 0. The zero-order valence-electron chi connectivity index (χ0n) is 9.86. The molecule has 1 aliphatic heterocycles. The maximum absolute atomic E-state index is 5.17. The molecular formula is C13H20N2O. The molecule has 1 aromatic carbocycles. The van der Waals surface area contributed by atoms with Gasteiger partial charge in [0, 0.05) is 39.3 Å². The summed E-state index contributed by atoms with van der Waals surface area (Å²) in [6.45, 7) is 5.06. The van der Waals surface area contributed by atoms with Gasteiger partial charge in [-0.15, -0.1) is 0 Å². The van der Waals surface area contributed by atoms with E-state index in [1.165, 1.54) is 5.56 Å². The van der Waals surface area contributed by atoms with Gasteiger partial charge in [0.1, 0.15) is 0 Å². The minimum Gasteiger partial charge on any atom is -0.383 e. The zero-order valence-corrected chi connectivity index (χ0v) is 9.86. The summed E-state index contributed by atoms with van der Waals surface area (Å²) in [4.78, 5) is 2.50. The second-order valence-corrected chi connectivity index (χ2v) is 4.26. The highest BCUT2D eigenvalue weighted by Gasteiger charge is 2.23. The summed E-state index contributed by atoms with van der Waals surface area (Å²) in [5, 5.41) is 3.32. The Morgan fingerprint density at radius 2 is 2.06 bits per heavy atom. The molecular weight excluding hydrogens is 200 g/mol. The first-order valence-electron chi connectivity index (χ1n) is 5.88. The first-order chi connectivity index (χ1) is 7.90. The van der Waals surface area contributed by atoms with Crippen LogP contribution in [0.4, 0.5) is 0 Å². The lowest BCUT2D eigenvalue weighted by molar-refractivity contribution is 0.0903. The molecule has 0 unspecified atom stereocenters. The Morgan fingerprint density at radius 1 is 1.31 bits per heavy atom. The van der Waals surface area contributed by atoms with E-state index in [4.69, 9.17) is 4.74 Å². The topological polar surface area (TPSA) is 24.5 Å². The second kappa shape index (κ2) is 5.99. The molecule has 2 rings (SSSR count). The van der Waals surface area contributed by atoms with Gasteiger partial charge < -0.3 is 10.1 Å². The minimum atomic E-state index is 0.676. The van der Waals surface area contributed by atoms with Crippen LogP contribution in [0.15, 0.2) is 30.3 Å². The highest BCUT2D eigenvalue weighted by Crippen LogP contribution is 2.10. The quantitative estimate of drug-likeness (QED) is 0.777. The molecule has 0 bridgehead atoms. The van der Waals surface area contributed by atoms with E-state index >= 15 is 0 Å². The van der Waals surface area contributed by atoms with Gasteiger partial charge in [-0.1, -0.05) is 30.3 Å². The number of hydrogen-bond donors (Lipinski definition) is 1. The largest absolute Gasteiger partial charge is 0.383 e. The highest BCUT2D eigenvalue weighted by atomic mass is 16.5. The van der Waals surface area contributed by atoms with Crippen molar-refractivity contribution >= 4 is 0 Å². The van der Waals surface area contributed by atoms with Gasteiger partial charge in [0.25, 0.3) is 0 Å².